The second-order valence-corrected chi connectivity index (χ2v) is 5.73. The molecule has 19 heavy (non-hydrogen) atoms. The minimum absolute atomic E-state index is 0.306. The summed E-state index contributed by atoms with van der Waals surface area (Å²) in [5, 5.41) is 0. The molecule has 0 radical (unpaired) electrons. The Morgan fingerprint density at radius 1 is 1.37 bits per heavy atom. The van der Waals surface area contributed by atoms with Crippen molar-refractivity contribution in [2.75, 3.05) is 38.1 Å². The van der Waals surface area contributed by atoms with Gasteiger partial charge in [-0.15, -0.1) is 0 Å². The summed E-state index contributed by atoms with van der Waals surface area (Å²) < 4.78 is 0. The lowest BCUT2D eigenvalue weighted by Crippen LogP contribution is -2.55. The molecule has 1 aromatic heterocycles. The number of hydrogen-bond donors (Lipinski definition) is 1. The van der Waals surface area contributed by atoms with Gasteiger partial charge in [0.1, 0.15) is 0 Å². The van der Waals surface area contributed by atoms with Crippen LogP contribution in [0, 0.1) is 6.92 Å². The molecule has 1 aliphatic rings. The van der Waals surface area contributed by atoms with E-state index < -0.39 is 0 Å². The summed E-state index contributed by atoms with van der Waals surface area (Å²) >= 11 is 0. The van der Waals surface area contributed by atoms with E-state index in [-0.39, 0.29) is 0 Å². The van der Waals surface area contributed by atoms with Crippen LogP contribution in [0.2, 0.25) is 0 Å². The van der Waals surface area contributed by atoms with E-state index in [9.17, 15) is 0 Å². The van der Waals surface area contributed by atoms with Crippen molar-refractivity contribution in [2.24, 2.45) is 5.73 Å². The molecule has 1 aliphatic heterocycles. The molecule has 106 valence electrons. The van der Waals surface area contributed by atoms with Crippen LogP contribution >= 0.6 is 0 Å². The first-order chi connectivity index (χ1) is 9.01. The zero-order valence-electron chi connectivity index (χ0n) is 12.4. The molecule has 0 amide bonds. The van der Waals surface area contributed by atoms with Crippen molar-refractivity contribution in [3.8, 4) is 0 Å². The van der Waals surface area contributed by atoms with Gasteiger partial charge in [0.05, 0.1) is 6.04 Å². The highest BCUT2D eigenvalue weighted by Crippen LogP contribution is 2.20. The molecule has 5 nitrogen and oxygen atoms in total. The summed E-state index contributed by atoms with van der Waals surface area (Å²) in [5.41, 5.74) is 8.04. The van der Waals surface area contributed by atoms with Gasteiger partial charge < -0.3 is 15.5 Å². The fourth-order valence-corrected chi connectivity index (χ4v) is 2.48. The SMILES string of the molecule is Cc1cc(C(C)C)nc(N2CCN(C)CC2CN)n1. The number of rotatable bonds is 3. The quantitative estimate of drug-likeness (QED) is 0.881. The van der Waals surface area contributed by atoms with Gasteiger partial charge in [-0.25, -0.2) is 9.97 Å². The van der Waals surface area contributed by atoms with E-state index in [4.69, 9.17) is 10.7 Å². The smallest absolute Gasteiger partial charge is 0.226 e. The number of nitrogens with two attached hydrogens (primary N) is 1. The first-order valence-corrected chi connectivity index (χ1v) is 7.02. The molecule has 0 saturated carbocycles. The molecule has 2 heterocycles. The molecular formula is C14H25N5. The molecular weight excluding hydrogens is 238 g/mol. The maximum atomic E-state index is 5.91. The number of nitrogens with zero attached hydrogens (tertiary/aromatic N) is 4. The monoisotopic (exact) mass is 263 g/mol. The van der Waals surface area contributed by atoms with Crippen LogP contribution in [-0.4, -0.2) is 54.1 Å². The Bertz CT molecular complexity index is 432. The lowest BCUT2D eigenvalue weighted by Gasteiger charge is -2.39. The minimum atomic E-state index is 0.306. The molecule has 1 unspecified atom stereocenters. The van der Waals surface area contributed by atoms with E-state index in [0.29, 0.717) is 18.5 Å². The number of anilines is 1. The summed E-state index contributed by atoms with van der Waals surface area (Å²) in [7, 11) is 2.14. The molecule has 0 spiro atoms. The molecule has 2 rings (SSSR count). The topological polar surface area (TPSA) is 58.3 Å². The van der Waals surface area contributed by atoms with E-state index >= 15 is 0 Å². The highest BCUT2D eigenvalue weighted by molar-refractivity contribution is 5.36. The predicted octanol–water partition coefficient (Wildman–Crippen LogP) is 0.988. The number of aromatic nitrogens is 2. The van der Waals surface area contributed by atoms with Crippen molar-refractivity contribution in [2.45, 2.75) is 32.7 Å². The Balaban J connectivity index is 2.29. The first kappa shape index (κ1) is 14.2. The summed E-state index contributed by atoms with van der Waals surface area (Å²) in [6, 6.07) is 2.38. The van der Waals surface area contributed by atoms with Crippen LogP contribution in [0.1, 0.15) is 31.2 Å². The van der Waals surface area contributed by atoms with Gasteiger partial charge in [0.15, 0.2) is 0 Å². The molecule has 1 saturated heterocycles. The highest BCUT2D eigenvalue weighted by atomic mass is 15.3. The van der Waals surface area contributed by atoms with Crippen LogP contribution in [0.25, 0.3) is 0 Å². The minimum Gasteiger partial charge on any atom is -0.334 e. The van der Waals surface area contributed by atoms with Crippen molar-refractivity contribution in [3.63, 3.8) is 0 Å². The number of likely N-dealkylation sites (N-methyl/N-ethyl adjacent to an activating group) is 1. The van der Waals surface area contributed by atoms with Crippen molar-refractivity contribution >= 4 is 5.95 Å². The highest BCUT2D eigenvalue weighted by Gasteiger charge is 2.26. The van der Waals surface area contributed by atoms with Crippen molar-refractivity contribution in [3.05, 3.63) is 17.5 Å². The molecule has 0 aromatic carbocycles. The fourth-order valence-electron chi connectivity index (χ4n) is 2.48. The Hall–Kier alpha value is -1.20. The van der Waals surface area contributed by atoms with Gasteiger partial charge in [0.25, 0.3) is 0 Å². The third-order valence-electron chi connectivity index (χ3n) is 3.67. The lowest BCUT2D eigenvalue weighted by atomic mass is 10.1. The average Bonchev–Trinajstić information content (AvgIpc) is 2.37. The largest absolute Gasteiger partial charge is 0.334 e. The average molecular weight is 263 g/mol. The molecule has 1 fully saturated rings. The summed E-state index contributed by atoms with van der Waals surface area (Å²) in [5.74, 6) is 1.26. The molecule has 0 bridgehead atoms. The van der Waals surface area contributed by atoms with E-state index in [1.54, 1.807) is 0 Å². The third kappa shape index (κ3) is 3.22. The van der Waals surface area contributed by atoms with Gasteiger partial charge in [-0.05, 0) is 26.0 Å². The fraction of sp³-hybridized carbons (Fsp3) is 0.714. The van der Waals surface area contributed by atoms with Crippen LogP contribution in [0.5, 0.6) is 0 Å². The van der Waals surface area contributed by atoms with Crippen LogP contribution < -0.4 is 10.6 Å². The number of piperazine rings is 1. The Morgan fingerprint density at radius 3 is 2.74 bits per heavy atom. The number of aryl methyl sites for hydroxylation is 1. The first-order valence-electron chi connectivity index (χ1n) is 7.02. The zero-order valence-corrected chi connectivity index (χ0v) is 12.4. The molecule has 1 atom stereocenters. The van der Waals surface area contributed by atoms with E-state index in [1.165, 1.54) is 0 Å². The van der Waals surface area contributed by atoms with E-state index in [2.05, 4.69) is 41.7 Å². The zero-order chi connectivity index (χ0) is 14.0. The normalized spacial score (nSPS) is 21.2. The van der Waals surface area contributed by atoms with Crippen molar-refractivity contribution < 1.29 is 0 Å². The van der Waals surface area contributed by atoms with Gasteiger partial charge >= 0.3 is 0 Å². The maximum absolute atomic E-state index is 5.91. The van der Waals surface area contributed by atoms with Crippen molar-refractivity contribution in [1.82, 2.24) is 14.9 Å². The van der Waals surface area contributed by atoms with Gasteiger partial charge in [-0.1, -0.05) is 13.8 Å². The van der Waals surface area contributed by atoms with Crippen LogP contribution in [0.3, 0.4) is 0 Å². The third-order valence-corrected chi connectivity index (χ3v) is 3.67. The van der Waals surface area contributed by atoms with E-state index in [1.807, 2.05) is 6.92 Å². The molecule has 0 aliphatic carbocycles. The second-order valence-electron chi connectivity index (χ2n) is 5.73. The Morgan fingerprint density at radius 2 is 2.11 bits per heavy atom. The van der Waals surface area contributed by atoms with Gasteiger partial charge in [0, 0.05) is 37.6 Å². The molecule has 5 heteroatoms. The van der Waals surface area contributed by atoms with E-state index in [0.717, 1.165) is 37.0 Å². The number of hydrogen-bond acceptors (Lipinski definition) is 5. The Kier molecular flexibility index (Phi) is 4.37. The second kappa shape index (κ2) is 5.84. The lowest BCUT2D eigenvalue weighted by molar-refractivity contribution is 0.267. The summed E-state index contributed by atoms with van der Waals surface area (Å²) in [4.78, 5) is 13.9. The van der Waals surface area contributed by atoms with Crippen LogP contribution in [0.4, 0.5) is 5.95 Å². The summed E-state index contributed by atoms with van der Waals surface area (Å²) in [6.07, 6.45) is 0. The van der Waals surface area contributed by atoms with Gasteiger partial charge in [-0.2, -0.15) is 0 Å². The van der Waals surface area contributed by atoms with Gasteiger partial charge in [-0.3, -0.25) is 0 Å². The summed E-state index contributed by atoms with van der Waals surface area (Å²) in [6.45, 7) is 9.95. The molecule has 1 aromatic rings. The van der Waals surface area contributed by atoms with Crippen LogP contribution in [0.15, 0.2) is 6.07 Å². The standard InChI is InChI=1S/C14H25N5/c1-10(2)13-7-11(3)16-14(17-13)19-6-5-18(4)9-12(19)8-15/h7,10,12H,5-6,8-9,15H2,1-4H3. The Labute approximate surface area is 115 Å². The maximum Gasteiger partial charge on any atom is 0.226 e. The molecule has 2 N–H and O–H groups in total. The van der Waals surface area contributed by atoms with Gasteiger partial charge in [0.2, 0.25) is 5.95 Å². The van der Waals surface area contributed by atoms with Crippen LogP contribution in [-0.2, 0) is 0 Å². The van der Waals surface area contributed by atoms with Crippen molar-refractivity contribution in [1.29, 1.82) is 0 Å². The predicted molar refractivity (Wildman–Crippen MR) is 78.5 cm³/mol.